The van der Waals surface area contributed by atoms with Gasteiger partial charge in [-0.25, -0.2) is 0 Å². The van der Waals surface area contributed by atoms with Crippen molar-refractivity contribution in [3.8, 4) is 0 Å². The molecule has 1 fully saturated rings. The van der Waals surface area contributed by atoms with E-state index in [0.29, 0.717) is 5.92 Å². The molecule has 96 valence electrons. The topological polar surface area (TPSA) is 18.5 Å². The molecule has 0 saturated carbocycles. The Bertz CT molecular complexity index is 172. The Morgan fingerprint density at radius 2 is 1.69 bits per heavy atom. The predicted octanol–water partition coefficient (Wildman–Crippen LogP) is 3.85. The Balaban J connectivity index is 2.07. The van der Waals surface area contributed by atoms with Crippen LogP contribution >= 0.6 is 0 Å². The summed E-state index contributed by atoms with van der Waals surface area (Å²) in [5.74, 6) is 2.11. The zero-order valence-electron chi connectivity index (χ0n) is 11.4. The lowest BCUT2D eigenvalue weighted by molar-refractivity contribution is -0.204. The second-order valence-electron chi connectivity index (χ2n) is 5.87. The summed E-state index contributed by atoms with van der Waals surface area (Å²) in [5, 5.41) is 0. The fraction of sp³-hybridized carbons (Fsp3) is 1.00. The van der Waals surface area contributed by atoms with E-state index in [1.165, 1.54) is 19.3 Å². The summed E-state index contributed by atoms with van der Waals surface area (Å²) in [7, 11) is 0. The molecule has 2 heteroatoms. The molecule has 0 spiro atoms. The molecule has 1 rings (SSSR count). The summed E-state index contributed by atoms with van der Waals surface area (Å²) >= 11 is 0. The van der Waals surface area contributed by atoms with Crippen LogP contribution in [0.2, 0.25) is 0 Å². The SMILES string of the molecule is CC(C)CCC[C@@H](C)CC1OCC(C)CO1. The molecule has 1 heterocycles. The fourth-order valence-corrected chi connectivity index (χ4v) is 2.10. The van der Waals surface area contributed by atoms with Crippen molar-refractivity contribution in [1.82, 2.24) is 0 Å². The number of rotatable bonds is 6. The van der Waals surface area contributed by atoms with Crippen molar-refractivity contribution >= 4 is 0 Å². The first-order chi connectivity index (χ1) is 7.58. The van der Waals surface area contributed by atoms with Crippen molar-refractivity contribution in [2.24, 2.45) is 17.8 Å². The lowest BCUT2D eigenvalue weighted by Crippen LogP contribution is -2.31. The lowest BCUT2D eigenvalue weighted by Gasteiger charge is -2.29. The number of hydrogen-bond acceptors (Lipinski definition) is 2. The first kappa shape index (κ1) is 14.0. The number of hydrogen-bond donors (Lipinski definition) is 0. The van der Waals surface area contributed by atoms with Crippen molar-refractivity contribution in [1.29, 1.82) is 0 Å². The van der Waals surface area contributed by atoms with E-state index >= 15 is 0 Å². The quantitative estimate of drug-likeness (QED) is 0.687. The molecule has 0 bridgehead atoms. The van der Waals surface area contributed by atoms with Crippen LogP contribution < -0.4 is 0 Å². The molecule has 0 N–H and O–H groups in total. The highest BCUT2D eigenvalue weighted by Crippen LogP contribution is 2.21. The third-order valence-electron chi connectivity index (χ3n) is 3.21. The molecule has 0 aromatic rings. The minimum atomic E-state index is 0.0604. The van der Waals surface area contributed by atoms with Crippen LogP contribution in [0, 0.1) is 17.8 Å². The van der Waals surface area contributed by atoms with E-state index in [2.05, 4.69) is 27.7 Å². The van der Waals surface area contributed by atoms with E-state index in [1.807, 2.05) is 0 Å². The van der Waals surface area contributed by atoms with E-state index in [1.54, 1.807) is 0 Å². The van der Waals surface area contributed by atoms with Crippen molar-refractivity contribution in [3.05, 3.63) is 0 Å². The summed E-state index contributed by atoms with van der Waals surface area (Å²) in [6, 6.07) is 0. The normalized spacial score (nSPS) is 28.3. The zero-order chi connectivity index (χ0) is 12.0. The molecule has 0 aromatic heterocycles. The smallest absolute Gasteiger partial charge is 0.157 e. The van der Waals surface area contributed by atoms with E-state index < -0.39 is 0 Å². The first-order valence-electron chi connectivity index (χ1n) is 6.81. The Labute approximate surface area is 101 Å². The molecule has 1 saturated heterocycles. The van der Waals surface area contributed by atoms with Gasteiger partial charge in [-0.05, 0) is 11.8 Å². The van der Waals surface area contributed by atoms with Gasteiger partial charge in [0.2, 0.25) is 0 Å². The molecule has 0 aromatic carbocycles. The summed E-state index contributed by atoms with van der Waals surface area (Å²) in [6.45, 7) is 10.8. The van der Waals surface area contributed by atoms with Gasteiger partial charge in [-0.15, -0.1) is 0 Å². The Hall–Kier alpha value is -0.0800. The maximum Gasteiger partial charge on any atom is 0.157 e. The average Bonchev–Trinajstić information content (AvgIpc) is 2.21. The molecule has 1 aliphatic rings. The zero-order valence-corrected chi connectivity index (χ0v) is 11.4. The van der Waals surface area contributed by atoms with Gasteiger partial charge in [-0.1, -0.05) is 47.0 Å². The second-order valence-corrected chi connectivity index (χ2v) is 5.87. The maximum absolute atomic E-state index is 5.67. The summed E-state index contributed by atoms with van der Waals surface area (Å²) < 4.78 is 11.3. The van der Waals surface area contributed by atoms with E-state index in [4.69, 9.17) is 9.47 Å². The maximum atomic E-state index is 5.67. The first-order valence-corrected chi connectivity index (χ1v) is 6.81. The van der Waals surface area contributed by atoms with Crippen LogP contribution in [0.15, 0.2) is 0 Å². The summed E-state index contributed by atoms with van der Waals surface area (Å²) in [6.07, 6.45) is 5.10. The van der Waals surface area contributed by atoms with Crippen molar-refractivity contribution < 1.29 is 9.47 Å². The Morgan fingerprint density at radius 3 is 2.25 bits per heavy atom. The molecule has 1 atom stereocenters. The van der Waals surface area contributed by atoms with Gasteiger partial charge < -0.3 is 9.47 Å². The molecule has 2 nitrogen and oxygen atoms in total. The Morgan fingerprint density at radius 1 is 1.06 bits per heavy atom. The van der Waals surface area contributed by atoms with Crippen molar-refractivity contribution in [3.63, 3.8) is 0 Å². The molecular formula is C14H28O2. The van der Waals surface area contributed by atoms with Crippen molar-refractivity contribution in [2.75, 3.05) is 13.2 Å². The van der Waals surface area contributed by atoms with Gasteiger partial charge in [0.05, 0.1) is 13.2 Å². The third kappa shape index (κ3) is 5.86. The highest BCUT2D eigenvalue weighted by molar-refractivity contribution is 4.62. The van der Waals surface area contributed by atoms with Crippen LogP contribution in [0.4, 0.5) is 0 Å². The molecule has 0 amide bonds. The van der Waals surface area contributed by atoms with Crippen LogP contribution in [0.25, 0.3) is 0 Å². The molecule has 0 unspecified atom stereocenters. The molecule has 1 aliphatic heterocycles. The van der Waals surface area contributed by atoms with Gasteiger partial charge in [0.25, 0.3) is 0 Å². The van der Waals surface area contributed by atoms with E-state index in [-0.39, 0.29) is 6.29 Å². The molecule has 16 heavy (non-hydrogen) atoms. The van der Waals surface area contributed by atoms with Gasteiger partial charge in [-0.2, -0.15) is 0 Å². The van der Waals surface area contributed by atoms with Gasteiger partial charge in [0, 0.05) is 12.3 Å². The number of ether oxygens (including phenoxy) is 2. The highest BCUT2D eigenvalue weighted by atomic mass is 16.7. The fourth-order valence-electron chi connectivity index (χ4n) is 2.10. The van der Waals surface area contributed by atoms with Crippen LogP contribution in [-0.2, 0) is 9.47 Å². The van der Waals surface area contributed by atoms with Crippen LogP contribution in [-0.4, -0.2) is 19.5 Å². The van der Waals surface area contributed by atoms with Gasteiger partial charge in [-0.3, -0.25) is 0 Å². The Kier molecular flexibility index (Phi) is 6.37. The standard InChI is InChI=1S/C14H28O2/c1-11(2)6-5-7-12(3)8-14-15-9-13(4)10-16-14/h11-14H,5-10H2,1-4H3/t12-,13?,14?/m1/s1. The minimum Gasteiger partial charge on any atom is -0.352 e. The largest absolute Gasteiger partial charge is 0.352 e. The molecule has 0 radical (unpaired) electrons. The average molecular weight is 228 g/mol. The highest BCUT2D eigenvalue weighted by Gasteiger charge is 2.20. The van der Waals surface area contributed by atoms with Gasteiger partial charge >= 0.3 is 0 Å². The second kappa shape index (κ2) is 7.29. The minimum absolute atomic E-state index is 0.0604. The summed E-state index contributed by atoms with van der Waals surface area (Å²) in [5.41, 5.74) is 0. The summed E-state index contributed by atoms with van der Waals surface area (Å²) in [4.78, 5) is 0. The molecule has 0 aliphatic carbocycles. The lowest BCUT2D eigenvalue weighted by atomic mass is 9.97. The van der Waals surface area contributed by atoms with Gasteiger partial charge in [0.15, 0.2) is 6.29 Å². The van der Waals surface area contributed by atoms with E-state index in [9.17, 15) is 0 Å². The monoisotopic (exact) mass is 228 g/mol. The molecular weight excluding hydrogens is 200 g/mol. The van der Waals surface area contributed by atoms with Crippen LogP contribution in [0.3, 0.4) is 0 Å². The predicted molar refractivity (Wildman–Crippen MR) is 67.3 cm³/mol. The third-order valence-corrected chi connectivity index (χ3v) is 3.21. The van der Waals surface area contributed by atoms with Crippen molar-refractivity contribution in [2.45, 2.75) is 59.7 Å². The van der Waals surface area contributed by atoms with E-state index in [0.717, 1.165) is 31.5 Å². The van der Waals surface area contributed by atoms with Gasteiger partial charge in [0.1, 0.15) is 0 Å². The van der Waals surface area contributed by atoms with Crippen LogP contribution in [0.1, 0.15) is 53.4 Å². The van der Waals surface area contributed by atoms with Crippen LogP contribution in [0.5, 0.6) is 0 Å².